The highest BCUT2D eigenvalue weighted by Crippen LogP contribution is 2.56. The first-order valence-corrected chi connectivity index (χ1v) is 12.7. The molecule has 196 valence electrons. The topological polar surface area (TPSA) is 135 Å². The number of fused-ring (bicyclic) bond motifs is 3. The highest BCUT2D eigenvalue weighted by molar-refractivity contribution is 6.25. The summed E-state index contributed by atoms with van der Waals surface area (Å²) in [4.78, 5) is 65.9. The van der Waals surface area contributed by atoms with Crippen molar-refractivity contribution < 1.29 is 29.2 Å². The Morgan fingerprint density at radius 2 is 1.74 bits per heavy atom. The monoisotopic (exact) mass is 524 g/mol. The van der Waals surface area contributed by atoms with Crippen LogP contribution < -0.4 is 4.90 Å². The molecular formula is C30H24N2O7. The Bertz CT molecular complexity index is 1630. The molecule has 2 aromatic carbocycles. The Kier molecular flexibility index (Phi) is 5.50. The van der Waals surface area contributed by atoms with Gasteiger partial charge in [-0.1, -0.05) is 35.9 Å². The van der Waals surface area contributed by atoms with Crippen LogP contribution in [-0.2, 0) is 19.2 Å². The second-order valence-electron chi connectivity index (χ2n) is 10.5. The summed E-state index contributed by atoms with van der Waals surface area (Å²) in [5, 5.41) is 22.4. The van der Waals surface area contributed by atoms with Crippen LogP contribution in [0.4, 0.5) is 11.4 Å². The van der Waals surface area contributed by atoms with Crippen LogP contribution in [0.5, 0.6) is 5.75 Å². The third kappa shape index (κ3) is 3.53. The molecule has 0 aromatic heterocycles. The lowest BCUT2D eigenvalue weighted by Gasteiger charge is -2.42. The fourth-order valence-corrected chi connectivity index (χ4v) is 6.65. The first-order valence-electron chi connectivity index (χ1n) is 12.7. The number of hydrogen-bond donors (Lipinski definition) is 1. The average molecular weight is 525 g/mol. The number of benzene rings is 2. The molecule has 6 rings (SSSR count). The number of ketones is 2. The van der Waals surface area contributed by atoms with E-state index in [0.717, 1.165) is 10.5 Å². The van der Waals surface area contributed by atoms with E-state index in [-0.39, 0.29) is 41.5 Å². The van der Waals surface area contributed by atoms with E-state index in [1.54, 1.807) is 32.0 Å². The molecule has 1 fully saturated rings. The highest BCUT2D eigenvalue weighted by Gasteiger charge is 2.57. The van der Waals surface area contributed by atoms with Gasteiger partial charge in [0.2, 0.25) is 11.8 Å². The number of phenols is 1. The number of amides is 2. The maximum absolute atomic E-state index is 13.9. The Labute approximate surface area is 223 Å². The van der Waals surface area contributed by atoms with Gasteiger partial charge in [0.05, 0.1) is 22.4 Å². The van der Waals surface area contributed by atoms with Crippen molar-refractivity contribution in [3.8, 4) is 5.75 Å². The summed E-state index contributed by atoms with van der Waals surface area (Å²) in [6, 6.07) is 10.6. The minimum Gasteiger partial charge on any atom is -0.507 e. The molecule has 0 radical (unpaired) electrons. The number of hydrogen-bond acceptors (Lipinski definition) is 7. The largest absolute Gasteiger partial charge is 0.507 e. The molecule has 2 aromatic rings. The van der Waals surface area contributed by atoms with Crippen LogP contribution in [0.3, 0.4) is 0 Å². The van der Waals surface area contributed by atoms with Gasteiger partial charge in [-0.25, -0.2) is 4.90 Å². The first kappa shape index (κ1) is 24.7. The van der Waals surface area contributed by atoms with Gasteiger partial charge in [0.25, 0.3) is 5.69 Å². The third-order valence-corrected chi connectivity index (χ3v) is 8.44. The zero-order valence-corrected chi connectivity index (χ0v) is 21.2. The van der Waals surface area contributed by atoms with Crippen LogP contribution in [0.2, 0.25) is 0 Å². The molecule has 1 N–H and O–H groups in total. The maximum Gasteiger partial charge on any atom is 0.271 e. The van der Waals surface area contributed by atoms with E-state index in [1.165, 1.54) is 30.3 Å². The number of rotatable bonds is 3. The van der Waals surface area contributed by atoms with E-state index < -0.39 is 40.4 Å². The molecule has 0 unspecified atom stereocenters. The fraction of sp³-hybridized carbons (Fsp3) is 0.267. The van der Waals surface area contributed by atoms with Crippen molar-refractivity contribution >= 4 is 34.8 Å². The lowest BCUT2D eigenvalue weighted by molar-refractivity contribution is -0.384. The molecule has 4 aliphatic rings. The van der Waals surface area contributed by atoms with Crippen molar-refractivity contribution in [2.24, 2.45) is 17.8 Å². The number of para-hydroxylation sites is 1. The van der Waals surface area contributed by atoms with Crippen LogP contribution in [0.1, 0.15) is 36.8 Å². The third-order valence-electron chi connectivity index (χ3n) is 8.44. The van der Waals surface area contributed by atoms with Crippen molar-refractivity contribution in [2.75, 3.05) is 4.90 Å². The van der Waals surface area contributed by atoms with Crippen LogP contribution in [0.15, 0.2) is 76.9 Å². The number of imide groups is 1. The number of phenolic OH excluding ortho intramolecular Hbond substituents is 1. The first-order chi connectivity index (χ1) is 18.6. The second-order valence-corrected chi connectivity index (χ2v) is 10.5. The molecule has 0 spiro atoms. The summed E-state index contributed by atoms with van der Waals surface area (Å²) in [7, 11) is 0. The zero-order valence-electron chi connectivity index (χ0n) is 21.2. The number of non-ortho nitro benzene ring substituents is 1. The predicted octanol–water partition coefficient (Wildman–Crippen LogP) is 4.24. The Balaban J connectivity index is 1.49. The van der Waals surface area contributed by atoms with Gasteiger partial charge in [-0.15, -0.1) is 0 Å². The van der Waals surface area contributed by atoms with Gasteiger partial charge in [0.1, 0.15) is 5.75 Å². The van der Waals surface area contributed by atoms with Crippen LogP contribution in [-0.4, -0.2) is 33.4 Å². The summed E-state index contributed by atoms with van der Waals surface area (Å²) in [6.45, 7) is 3.32. The van der Waals surface area contributed by atoms with Crippen molar-refractivity contribution in [1.29, 1.82) is 0 Å². The number of allylic oxidation sites excluding steroid dienone is 6. The average Bonchev–Trinajstić information content (AvgIpc) is 3.17. The summed E-state index contributed by atoms with van der Waals surface area (Å²) in [5.74, 6) is -4.32. The highest BCUT2D eigenvalue weighted by atomic mass is 16.6. The zero-order chi connectivity index (χ0) is 27.7. The molecule has 39 heavy (non-hydrogen) atoms. The number of nitro groups is 1. The lowest BCUT2D eigenvalue weighted by atomic mass is 9.59. The molecule has 4 atom stereocenters. The maximum atomic E-state index is 13.9. The molecule has 9 nitrogen and oxygen atoms in total. The van der Waals surface area contributed by atoms with E-state index in [4.69, 9.17) is 0 Å². The summed E-state index contributed by atoms with van der Waals surface area (Å²) < 4.78 is 0. The minimum atomic E-state index is -0.811. The molecular weight excluding hydrogens is 500 g/mol. The number of carbonyl (C=O) groups is 4. The van der Waals surface area contributed by atoms with Crippen molar-refractivity contribution in [2.45, 2.75) is 32.6 Å². The van der Waals surface area contributed by atoms with Crippen LogP contribution in [0, 0.1) is 34.8 Å². The minimum absolute atomic E-state index is 0.0107. The number of carbonyl (C=O) groups excluding carboxylic acids is 4. The van der Waals surface area contributed by atoms with Crippen molar-refractivity contribution in [3.05, 3.63) is 98.2 Å². The van der Waals surface area contributed by atoms with Gasteiger partial charge in [-0.3, -0.25) is 29.3 Å². The quantitative estimate of drug-likeness (QED) is 0.209. The van der Waals surface area contributed by atoms with Gasteiger partial charge in [-0.05, 0) is 50.3 Å². The second kappa shape index (κ2) is 8.69. The molecule has 0 bridgehead atoms. The standard InChI is InChI=1S/C30H24N2O7/c1-14-5-3-8-19(27(14)34)24-18-9-10-20-25(21(18)13-22-26(24)23(33)11-15(2)28(22)35)30(37)31(29(20)36)16-6-4-7-17(12-16)32(38)39/h3-9,11-12,20-21,24-25,34H,10,13H2,1-2H3/t20-,21+,24+,25-/m0/s1. The van der Waals surface area contributed by atoms with Gasteiger partial charge in [0.15, 0.2) is 11.6 Å². The van der Waals surface area contributed by atoms with Crippen molar-refractivity contribution in [3.63, 3.8) is 0 Å². The summed E-state index contributed by atoms with van der Waals surface area (Å²) in [5.41, 5.74) is 2.61. The molecule has 1 aliphatic heterocycles. The lowest BCUT2D eigenvalue weighted by Crippen LogP contribution is -2.39. The Morgan fingerprint density at radius 3 is 2.49 bits per heavy atom. The molecule has 3 aliphatic carbocycles. The summed E-state index contributed by atoms with van der Waals surface area (Å²) in [6.07, 6.45) is 3.53. The molecule has 9 heteroatoms. The molecule has 1 saturated heterocycles. The van der Waals surface area contributed by atoms with Crippen LogP contribution in [0.25, 0.3) is 0 Å². The molecule has 0 saturated carbocycles. The van der Waals surface area contributed by atoms with E-state index in [1.807, 2.05) is 6.08 Å². The SMILES string of the molecule is CC1=CC(=O)C2=C(C[C@@H]3C(=CC[C@@H]4C(=O)N(c5cccc([N+](=O)[O-])c5)C(=O)[C@@H]43)[C@@H]2c2cccc(C)c2O)C1=O. The number of nitro benzene ring substituents is 1. The van der Waals surface area contributed by atoms with E-state index in [2.05, 4.69) is 0 Å². The molecule has 2 amide bonds. The van der Waals surface area contributed by atoms with Gasteiger partial charge >= 0.3 is 0 Å². The Hall–Kier alpha value is -4.66. The fourth-order valence-electron chi connectivity index (χ4n) is 6.65. The number of Topliss-reactive ketones (excluding diaryl/α,β-unsaturated/α-hetero) is 1. The predicted molar refractivity (Wildman–Crippen MR) is 140 cm³/mol. The number of aryl methyl sites for hydroxylation is 1. The number of aromatic hydroxyl groups is 1. The van der Waals surface area contributed by atoms with Gasteiger partial charge in [0, 0.05) is 40.3 Å². The van der Waals surface area contributed by atoms with Crippen molar-refractivity contribution in [1.82, 2.24) is 0 Å². The Morgan fingerprint density at radius 1 is 1.00 bits per heavy atom. The summed E-state index contributed by atoms with van der Waals surface area (Å²) >= 11 is 0. The van der Waals surface area contributed by atoms with Crippen LogP contribution >= 0.6 is 0 Å². The number of anilines is 1. The van der Waals surface area contributed by atoms with Gasteiger partial charge < -0.3 is 5.11 Å². The number of nitrogens with zero attached hydrogens (tertiary/aromatic N) is 2. The molecule has 1 heterocycles. The van der Waals surface area contributed by atoms with Gasteiger partial charge in [-0.2, -0.15) is 0 Å². The smallest absolute Gasteiger partial charge is 0.271 e. The van der Waals surface area contributed by atoms with E-state index >= 15 is 0 Å². The normalized spacial score (nSPS) is 26.2. The van der Waals surface area contributed by atoms with E-state index in [0.29, 0.717) is 27.8 Å². The van der Waals surface area contributed by atoms with E-state index in [9.17, 15) is 34.4 Å².